The second-order valence-electron chi connectivity index (χ2n) is 4.65. The van der Waals surface area contributed by atoms with Gasteiger partial charge in [0.1, 0.15) is 0 Å². The van der Waals surface area contributed by atoms with Crippen molar-refractivity contribution in [3.8, 4) is 0 Å². The van der Waals surface area contributed by atoms with Gasteiger partial charge >= 0.3 is 0 Å². The average Bonchev–Trinajstić information content (AvgIpc) is 3.06. The van der Waals surface area contributed by atoms with Crippen molar-refractivity contribution >= 4 is 44.4 Å². The fourth-order valence-electron chi connectivity index (χ4n) is 2.06. The van der Waals surface area contributed by atoms with Crippen LogP contribution >= 0.6 is 22.7 Å². The Morgan fingerprint density at radius 3 is 2.90 bits per heavy atom. The van der Waals surface area contributed by atoms with E-state index >= 15 is 0 Å². The first-order valence-electron chi connectivity index (χ1n) is 6.20. The van der Waals surface area contributed by atoms with Crippen LogP contribution in [0.25, 0.3) is 10.1 Å². The zero-order valence-corrected chi connectivity index (χ0v) is 12.6. The first kappa shape index (κ1) is 13.1. The Morgan fingerprint density at radius 1 is 1.30 bits per heavy atom. The van der Waals surface area contributed by atoms with Crippen molar-refractivity contribution in [3.05, 3.63) is 51.5 Å². The summed E-state index contributed by atoms with van der Waals surface area (Å²) in [6.07, 6.45) is 0. The van der Waals surface area contributed by atoms with Gasteiger partial charge in [0.15, 0.2) is 0 Å². The summed E-state index contributed by atoms with van der Waals surface area (Å²) < 4.78 is 1.09. The van der Waals surface area contributed by atoms with Crippen molar-refractivity contribution in [1.82, 2.24) is 4.90 Å². The van der Waals surface area contributed by atoms with Crippen LogP contribution in [0.5, 0.6) is 0 Å². The molecule has 2 aromatic heterocycles. The molecule has 0 aliphatic heterocycles. The molecular formula is C15H14N2OS2. The van der Waals surface area contributed by atoms with Crippen LogP contribution in [0.15, 0.2) is 41.8 Å². The highest BCUT2D eigenvalue weighted by Gasteiger charge is 2.15. The predicted octanol–water partition coefficient (Wildman–Crippen LogP) is 3.82. The second-order valence-corrected chi connectivity index (χ2v) is 6.76. The van der Waals surface area contributed by atoms with E-state index in [-0.39, 0.29) is 5.91 Å². The smallest absolute Gasteiger partial charge is 0.264 e. The Balaban J connectivity index is 1.84. The van der Waals surface area contributed by atoms with Crippen molar-refractivity contribution in [1.29, 1.82) is 0 Å². The van der Waals surface area contributed by atoms with Gasteiger partial charge in [-0.2, -0.15) is 0 Å². The summed E-state index contributed by atoms with van der Waals surface area (Å²) in [5, 5.41) is 3.05. The highest BCUT2D eigenvalue weighted by Crippen LogP contribution is 2.28. The molecule has 5 heteroatoms. The number of nitrogens with zero attached hydrogens (tertiary/aromatic N) is 1. The molecule has 0 radical (unpaired) electrons. The van der Waals surface area contributed by atoms with Gasteiger partial charge in [-0.15, -0.1) is 22.7 Å². The molecule has 3 nitrogen and oxygen atoms in total. The van der Waals surface area contributed by atoms with Gasteiger partial charge in [-0.05, 0) is 41.1 Å². The van der Waals surface area contributed by atoms with Crippen molar-refractivity contribution < 1.29 is 4.79 Å². The minimum Gasteiger partial charge on any atom is -0.399 e. The highest BCUT2D eigenvalue weighted by atomic mass is 32.1. The zero-order chi connectivity index (χ0) is 14.1. The number of anilines is 1. The quantitative estimate of drug-likeness (QED) is 0.748. The fourth-order valence-corrected chi connectivity index (χ4v) is 3.86. The van der Waals surface area contributed by atoms with Crippen LogP contribution in [0.3, 0.4) is 0 Å². The van der Waals surface area contributed by atoms with Crippen LogP contribution in [0, 0.1) is 0 Å². The summed E-state index contributed by atoms with van der Waals surface area (Å²) in [6.45, 7) is 0.646. The number of fused-ring (bicyclic) bond motifs is 1. The SMILES string of the molecule is CN(Cc1cccs1)C(=O)c1cc2cc(N)ccc2s1. The summed E-state index contributed by atoms with van der Waals surface area (Å²) in [7, 11) is 1.83. The minimum atomic E-state index is 0.0539. The molecule has 1 aromatic carbocycles. The van der Waals surface area contributed by atoms with E-state index in [1.807, 2.05) is 48.8 Å². The van der Waals surface area contributed by atoms with Crippen LogP contribution in [0.4, 0.5) is 5.69 Å². The van der Waals surface area contributed by atoms with E-state index in [1.54, 1.807) is 16.2 Å². The first-order valence-corrected chi connectivity index (χ1v) is 7.90. The van der Waals surface area contributed by atoms with E-state index in [2.05, 4.69) is 0 Å². The summed E-state index contributed by atoms with van der Waals surface area (Å²) in [6, 6.07) is 11.7. The molecule has 3 aromatic rings. The van der Waals surface area contributed by atoms with Crippen molar-refractivity contribution in [2.45, 2.75) is 6.54 Å². The first-order chi connectivity index (χ1) is 9.63. The van der Waals surface area contributed by atoms with Crippen LogP contribution in [-0.2, 0) is 6.54 Å². The Hall–Kier alpha value is -1.85. The maximum Gasteiger partial charge on any atom is 0.264 e. The lowest BCUT2D eigenvalue weighted by Crippen LogP contribution is -2.24. The third-order valence-corrected chi connectivity index (χ3v) is 5.04. The Bertz CT molecular complexity index is 746. The molecular weight excluding hydrogens is 288 g/mol. The Morgan fingerprint density at radius 2 is 2.15 bits per heavy atom. The number of nitrogens with two attached hydrogens (primary N) is 1. The molecule has 2 heterocycles. The number of carbonyl (C=O) groups excluding carboxylic acids is 1. The van der Waals surface area contributed by atoms with Crippen molar-refractivity contribution in [2.75, 3.05) is 12.8 Å². The van der Waals surface area contributed by atoms with E-state index in [9.17, 15) is 4.79 Å². The van der Waals surface area contributed by atoms with Crippen LogP contribution in [0.2, 0.25) is 0 Å². The van der Waals surface area contributed by atoms with E-state index in [4.69, 9.17) is 5.73 Å². The van der Waals surface area contributed by atoms with Gasteiger partial charge in [-0.3, -0.25) is 4.79 Å². The van der Waals surface area contributed by atoms with Crippen LogP contribution < -0.4 is 5.73 Å². The molecule has 2 N–H and O–H groups in total. The molecule has 0 spiro atoms. The van der Waals surface area contributed by atoms with Gasteiger partial charge < -0.3 is 10.6 Å². The minimum absolute atomic E-state index is 0.0539. The number of rotatable bonds is 3. The van der Waals surface area contributed by atoms with E-state index < -0.39 is 0 Å². The standard InChI is InChI=1S/C15H14N2OS2/c1-17(9-12-3-2-6-19-12)15(18)14-8-10-7-11(16)4-5-13(10)20-14/h2-8H,9,16H2,1H3. The highest BCUT2D eigenvalue weighted by molar-refractivity contribution is 7.20. The topological polar surface area (TPSA) is 46.3 Å². The van der Waals surface area contributed by atoms with Gasteiger partial charge in [0.2, 0.25) is 0 Å². The monoisotopic (exact) mass is 302 g/mol. The maximum atomic E-state index is 12.4. The van der Waals surface area contributed by atoms with E-state index in [0.717, 1.165) is 20.7 Å². The van der Waals surface area contributed by atoms with Crippen LogP contribution in [-0.4, -0.2) is 17.9 Å². The number of hydrogen-bond donors (Lipinski definition) is 1. The molecule has 1 amide bonds. The summed E-state index contributed by atoms with van der Waals surface area (Å²) >= 11 is 3.18. The van der Waals surface area contributed by atoms with E-state index in [1.165, 1.54) is 16.2 Å². The molecule has 20 heavy (non-hydrogen) atoms. The molecule has 0 atom stereocenters. The molecule has 0 bridgehead atoms. The number of hydrogen-bond acceptors (Lipinski definition) is 4. The van der Waals surface area contributed by atoms with Crippen LogP contribution in [0.1, 0.15) is 14.5 Å². The van der Waals surface area contributed by atoms with Crippen molar-refractivity contribution in [2.24, 2.45) is 0 Å². The third-order valence-electron chi connectivity index (χ3n) is 3.07. The average molecular weight is 302 g/mol. The molecule has 0 unspecified atom stereocenters. The number of thiophene rings is 2. The van der Waals surface area contributed by atoms with Gasteiger partial charge in [0, 0.05) is 22.3 Å². The number of benzene rings is 1. The Labute approximate surface area is 125 Å². The molecule has 0 aliphatic rings. The molecule has 0 aliphatic carbocycles. The summed E-state index contributed by atoms with van der Waals surface area (Å²) in [5.74, 6) is 0.0539. The molecule has 102 valence electrons. The number of carbonyl (C=O) groups is 1. The summed E-state index contributed by atoms with van der Waals surface area (Å²) in [4.78, 5) is 16.1. The Kier molecular flexibility index (Phi) is 3.46. The molecule has 0 saturated heterocycles. The van der Waals surface area contributed by atoms with Gasteiger partial charge in [0.25, 0.3) is 5.91 Å². The summed E-state index contributed by atoms with van der Waals surface area (Å²) in [5.41, 5.74) is 6.49. The molecule has 0 fully saturated rings. The van der Waals surface area contributed by atoms with E-state index in [0.29, 0.717) is 6.54 Å². The fraction of sp³-hybridized carbons (Fsp3) is 0.133. The number of amides is 1. The van der Waals surface area contributed by atoms with Gasteiger partial charge in [-0.25, -0.2) is 0 Å². The lowest BCUT2D eigenvalue weighted by molar-refractivity contribution is 0.0791. The largest absolute Gasteiger partial charge is 0.399 e. The number of nitrogen functional groups attached to an aromatic ring is 1. The van der Waals surface area contributed by atoms with Gasteiger partial charge in [-0.1, -0.05) is 6.07 Å². The normalized spacial score (nSPS) is 10.8. The maximum absolute atomic E-state index is 12.4. The lowest BCUT2D eigenvalue weighted by atomic mass is 10.2. The van der Waals surface area contributed by atoms with Gasteiger partial charge in [0.05, 0.1) is 11.4 Å². The molecule has 3 rings (SSSR count). The van der Waals surface area contributed by atoms with Crippen molar-refractivity contribution in [3.63, 3.8) is 0 Å². The predicted molar refractivity (Wildman–Crippen MR) is 86.4 cm³/mol. The molecule has 0 saturated carbocycles. The lowest BCUT2D eigenvalue weighted by Gasteiger charge is -2.14. The second kappa shape index (κ2) is 5.26. The third kappa shape index (κ3) is 2.55. The zero-order valence-electron chi connectivity index (χ0n) is 11.0.